The predicted octanol–water partition coefficient (Wildman–Crippen LogP) is -0.104. The smallest absolute Gasteiger partial charge is 0.326 e. The lowest BCUT2D eigenvalue weighted by Gasteiger charge is -2.23. The second-order valence-corrected chi connectivity index (χ2v) is 5.70. The minimum absolute atomic E-state index is 0.204. The maximum Gasteiger partial charge on any atom is 0.326 e. The van der Waals surface area contributed by atoms with Crippen LogP contribution in [0.3, 0.4) is 0 Å². The summed E-state index contributed by atoms with van der Waals surface area (Å²) < 4.78 is 0. The van der Waals surface area contributed by atoms with Crippen molar-refractivity contribution in [2.24, 2.45) is 0 Å². The number of aliphatic carboxylic acids is 1. The zero-order chi connectivity index (χ0) is 8.43. The molecule has 0 aromatic rings. The zero-order valence-electron chi connectivity index (χ0n) is 5.65. The van der Waals surface area contributed by atoms with Crippen LogP contribution >= 0.6 is 19.4 Å². The number of amides is 1. The summed E-state index contributed by atoms with van der Waals surface area (Å²) in [4.78, 5) is 21.2. The molecule has 1 aliphatic heterocycles. The van der Waals surface area contributed by atoms with Crippen LogP contribution in [0.1, 0.15) is 0 Å². The fraction of sp³-hybridized carbons (Fsp3) is 0.600. The van der Waals surface area contributed by atoms with Gasteiger partial charge in [0, 0.05) is 6.16 Å². The SMILES string of the molecule is O=C1C[P@](S)C[C@@H](C(=O)O)N1. The van der Waals surface area contributed by atoms with Crippen molar-refractivity contribution < 1.29 is 14.7 Å². The molecule has 62 valence electrons. The van der Waals surface area contributed by atoms with Crippen LogP contribution in [0.5, 0.6) is 0 Å². The van der Waals surface area contributed by atoms with Gasteiger partial charge in [-0.2, -0.15) is 12.2 Å². The average molecular weight is 193 g/mol. The number of thiol groups is 1. The molecule has 2 atom stereocenters. The maximum absolute atomic E-state index is 10.8. The van der Waals surface area contributed by atoms with Gasteiger partial charge in [0.15, 0.2) is 0 Å². The summed E-state index contributed by atoms with van der Waals surface area (Å²) in [6, 6.07) is -0.722. The molecule has 0 unspecified atom stereocenters. The van der Waals surface area contributed by atoms with Crippen LogP contribution < -0.4 is 5.32 Å². The van der Waals surface area contributed by atoms with Crippen molar-refractivity contribution in [2.45, 2.75) is 6.04 Å². The Balaban J connectivity index is 2.56. The fourth-order valence-electron chi connectivity index (χ4n) is 0.867. The van der Waals surface area contributed by atoms with E-state index < -0.39 is 19.1 Å². The summed E-state index contributed by atoms with van der Waals surface area (Å²) in [7, 11) is -0.701. The van der Waals surface area contributed by atoms with Crippen molar-refractivity contribution >= 4 is 31.2 Å². The third-order valence-corrected chi connectivity index (χ3v) is 3.71. The fourth-order valence-corrected chi connectivity index (χ4v) is 2.96. The molecule has 0 aromatic carbocycles. The lowest BCUT2D eigenvalue weighted by molar-refractivity contribution is -0.141. The number of carboxylic acid groups (broad SMARTS) is 1. The largest absolute Gasteiger partial charge is 0.480 e. The molecule has 0 radical (unpaired) electrons. The van der Waals surface area contributed by atoms with E-state index in [-0.39, 0.29) is 5.91 Å². The van der Waals surface area contributed by atoms with Crippen LogP contribution in [0.15, 0.2) is 0 Å². The number of hydrogen-bond acceptors (Lipinski definition) is 3. The lowest BCUT2D eigenvalue weighted by Crippen LogP contribution is -2.47. The lowest BCUT2D eigenvalue weighted by atomic mass is 10.3. The molecule has 0 bridgehead atoms. The van der Waals surface area contributed by atoms with Crippen molar-refractivity contribution in [3.63, 3.8) is 0 Å². The second-order valence-electron chi connectivity index (χ2n) is 2.31. The molecule has 11 heavy (non-hydrogen) atoms. The van der Waals surface area contributed by atoms with Gasteiger partial charge < -0.3 is 10.4 Å². The molecule has 1 heterocycles. The van der Waals surface area contributed by atoms with Gasteiger partial charge in [0.25, 0.3) is 0 Å². The van der Waals surface area contributed by atoms with Gasteiger partial charge in [-0.05, 0) is 7.12 Å². The number of carbonyl (C=O) groups is 2. The van der Waals surface area contributed by atoms with Gasteiger partial charge in [-0.1, -0.05) is 0 Å². The quantitative estimate of drug-likeness (QED) is 0.402. The highest BCUT2D eigenvalue weighted by atomic mass is 32.7. The molecule has 1 fully saturated rings. The van der Waals surface area contributed by atoms with Crippen LogP contribution in [-0.2, 0) is 9.59 Å². The molecule has 0 aromatic heterocycles. The Hall–Kier alpha value is -0.280. The summed E-state index contributed by atoms with van der Waals surface area (Å²) in [6.45, 7) is 0. The second kappa shape index (κ2) is 3.41. The van der Waals surface area contributed by atoms with E-state index >= 15 is 0 Å². The van der Waals surface area contributed by atoms with E-state index in [1.165, 1.54) is 0 Å². The molecule has 0 spiro atoms. The first-order valence-electron chi connectivity index (χ1n) is 3.05. The van der Waals surface area contributed by atoms with Gasteiger partial charge in [0.05, 0.1) is 6.16 Å². The van der Waals surface area contributed by atoms with Gasteiger partial charge in [-0.25, -0.2) is 4.79 Å². The van der Waals surface area contributed by atoms with E-state index in [9.17, 15) is 9.59 Å². The molecular formula is C5H8NO3PS. The van der Waals surface area contributed by atoms with Crippen LogP contribution in [-0.4, -0.2) is 35.3 Å². The first-order chi connectivity index (χ1) is 5.09. The van der Waals surface area contributed by atoms with E-state index in [1.54, 1.807) is 0 Å². The molecule has 0 aliphatic carbocycles. The van der Waals surface area contributed by atoms with Crippen LogP contribution in [0, 0.1) is 0 Å². The van der Waals surface area contributed by atoms with E-state index in [0.29, 0.717) is 12.3 Å². The number of carbonyl (C=O) groups excluding carboxylic acids is 1. The first kappa shape index (κ1) is 8.81. The number of rotatable bonds is 1. The van der Waals surface area contributed by atoms with Crippen LogP contribution in [0.2, 0.25) is 0 Å². The highest BCUT2D eigenvalue weighted by Gasteiger charge is 2.28. The summed E-state index contributed by atoms with van der Waals surface area (Å²) in [5, 5.41) is 10.9. The van der Waals surface area contributed by atoms with Crippen molar-refractivity contribution in [2.75, 3.05) is 12.3 Å². The van der Waals surface area contributed by atoms with Gasteiger partial charge in [-0.15, -0.1) is 0 Å². The average Bonchev–Trinajstić information content (AvgIpc) is 1.85. The maximum atomic E-state index is 10.8. The summed E-state index contributed by atoms with van der Waals surface area (Å²) >= 11 is 4.12. The Labute approximate surface area is 70.3 Å². The van der Waals surface area contributed by atoms with Gasteiger partial charge >= 0.3 is 5.97 Å². The standard InChI is InChI=1S/C5H8NO3PS/c7-4-2-10(11)1-3(6-4)5(8)9/h3,11H,1-2H2,(H,6,7)(H,8,9)/t3-,10+/m0/s1. The normalized spacial score (nSPS) is 31.2. The molecule has 1 rings (SSSR count). The molecular weight excluding hydrogens is 185 g/mol. The molecule has 6 heteroatoms. The minimum atomic E-state index is -0.973. The Bertz CT molecular complexity index is 198. The first-order valence-corrected chi connectivity index (χ1v) is 5.92. The molecule has 1 aliphatic rings. The summed E-state index contributed by atoms with van der Waals surface area (Å²) in [5.74, 6) is -1.18. The minimum Gasteiger partial charge on any atom is -0.480 e. The Morgan fingerprint density at radius 1 is 1.82 bits per heavy atom. The van der Waals surface area contributed by atoms with Crippen molar-refractivity contribution in [1.82, 2.24) is 5.32 Å². The van der Waals surface area contributed by atoms with E-state index in [1.807, 2.05) is 0 Å². The topological polar surface area (TPSA) is 66.4 Å². The van der Waals surface area contributed by atoms with Crippen molar-refractivity contribution in [3.8, 4) is 0 Å². The van der Waals surface area contributed by atoms with Gasteiger partial charge in [-0.3, -0.25) is 4.79 Å². The van der Waals surface area contributed by atoms with Crippen molar-refractivity contribution in [3.05, 3.63) is 0 Å². The van der Waals surface area contributed by atoms with Gasteiger partial charge in [0.2, 0.25) is 5.91 Å². The number of carboxylic acids is 1. The monoisotopic (exact) mass is 193 g/mol. The van der Waals surface area contributed by atoms with Crippen LogP contribution in [0.25, 0.3) is 0 Å². The highest BCUT2D eigenvalue weighted by molar-refractivity contribution is 8.45. The molecule has 2 N–H and O–H groups in total. The molecule has 0 saturated carbocycles. The van der Waals surface area contributed by atoms with Crippen molar-refractivity contribution in [1.29, 1.82) is 0 Å². The van der Waals surface area contributed by atoms with Gasteiger partial charge in [0.1, 0.15) is 6.04 Å². The van der Waals surface area contributed by atoms with E-state index in [2.05, 4.69) is 17.6 Å². The highest BCUT2D eigenvalue weighted by Crippen LogP contribution is 2.42. The summed E-state index contributed by atoms with van der Waals surface area (Å²) in [5.41, 5.74) is 0. The third kappa shape index (κ3) is 2.34. The Kier molecular flexibility index (Phi) is 2.73. The number of hydrogen-bond donors (Lipinski definition) is 3. The van der Waals surface area contributed by atoms with Crippen LogP contribution in [0.4, 0.5) is 0 Å². The third-order valence-electron chi connectivity index (χ3n) is 1.35. The van der Waals surface area contributed by atoms with E-state index in [0.717, 1.165) is 0 Å². The summed E-state index contributed by atoms with van der Waals surface area (Å²) in [6.07, 6.45) is 0.849. The zero-order valence-corrected chi connectivity index (χ0v) is 7.44. The predicted molar refractivity (Wildman–Crippen MR) is 45.2 cm³/mol. The Morgan fingerprint density at radius 3 is 2.91 bits per heavy atom. The molecule has 4 nitrogen and oxygen atoms in total. The molecule has 1 amide bonds. The molecule has 1 saturated heterocycles. The number of nitrogens with one attached hydrogen (secondary N) is 1. The Morgan fingerprint density at radius 2 is 2.45 bits per heavy atom. The van der Waals surface area contributed by atoms with E-state index in [4.69, 9.17) is 5.11 Å².